The minimum atomic E-state index is -0.199. The van der Waals surface area contributed by atoms with Crippen molar-refractivity contribution in [2.75, 3.05) is 6.66 Å². The van der Waals surface area contributed by atoms with Crippen LogP contribution >= 0.6 is 8.22 Å². The van der Waals surface area contributed by atoms with Crippen molar-refractivity contribution >= 4 is 8.22 Å². The molecule has 16 heavy (non-hydrogen) atoms. The molecule has 0 saturated heterocycles. The summed E-state index contributed by atoms with van der Waals surface area (Å²) < 4.78 is 5.30. The summed E-state index contributed by atoms with van der Waals surface area (Å²) in [7, 11) is -0.199. The molecule has 98 valence electrons. The van der Waals surface area contributed by atoms with Crippen LogP contribution in [0.5, 0.6) is 0 Å². The van der Waals surface area contributed by atoms with Gasteiger partial charge in [-0.2, -0.15) is 0 Å². The SMILES string of the molecule is CC(C)N(C(C)C)P(C)N(C(C)C)C(C)C. The molecule has 0 aliphatic rings. The normalized spacial score (nSPS) is 13.5. The van der Waals surface area contributed by atoms with Crippen molar-refractivity contribution in [2.45, 2.75) is 79.6 Å². The lowest BCUT2D eigenvalue weighted by Crippen LogP contribution is -2.42. The third-order valence-corrected chi connectivity index (χ3v) is 5.97. The zero-order chi connectivity index (χ0) is 13.0. The smallest absolute Gasteiger partial charge is 0.0371 e. The Kier molecular flexibility index (Phi) is 7.09. The quantitative estimate of drug-likeness (QED) is 0.649. The average molecular weight is 246 g/mol. The standard InChI is InChI=1S/C13H31N2P/c1-10(2)14(11(3)4)16(9)15(12(5)6)13(7)8/h10-13H,1-9H3. The molecule has 0 rings (SSSR count). The monoisotopic (exact) mass is 246 g/mol. The molecule has 0 N–H and O–H groups in total. The Hall–Kier alpha value is 0.350. The lowest BCUT2D eigenvalue weighted by atomic mass is 10.3. The molecular formula is C13H31N2P. The van der Waals surface area contributed by atoms with Gasteiger partial charge < -0.3 is 0 Å². The zero-order valence-corrected chi connectivity index (χ0v) is 13.5. The highest BCUT2D eigenvalue weighted by Crippen LogP contribution is 2.46. The van der Waals surface area contributed by atoms with Crippen LogP contribution in [0.25, 0.3) is 0 Å². The third kappa shape index (κ3) is 4.31. The lowest BCUT2D eigenvalue weighted by Gasteiger charge is -2.45. The average Bonchev–Trinajstić information content (AvgIpc) is 1.99. The second-order valence-electron chi connectivity index (χ2n) is 5.62. The van der Waals surface area contributed by atoms with Crippen molar-refractivity contribution < 1.29 is 0 Å². The molecule has 0 aromatic heterocycles. The molecule has 0 spiro atoms. The first-order valence-electron chi connectivity index (χ1n) is 6.50. The van der Waals surface area contributed by atoms with E-state index < -0.39 is 0 Å². The molecule has 3 heteroatoms. The van der Waals surface area contributed by atoms with Gasteiger partial charge in [-0.25, -0.2) is 0 Å². The molecule has 0 radical (unpaired) electrons. The summed E-state index contributed by atoms with van der Waals surface area (Å²) in [5.74, 6) is 0. The lowest BCUT2D eigenvalue weighted by molar-refractivity contribution is 0.258. The Balaban J connectivity index is 4.88. The van der Waals surface area contributed by atoms with Crippen molar-refractivity contribution in [3.8, 4) is 0 Å². The predicted octanol–water partition coefficient (Wildman–Crippen LogP) is 4.17. The molecule has 0 unspecified atom stereocenters. The fourth-order valence-corrected chi connectivity index (χ4v) is 5.56. The summed E-state index contributed by atoms with van der Waals surface area (Å²) in [5, 5.41) is 0. The van der Waals surface area contributed by atoms with E-state index >= 15 is 0 Å². The summed E-state index contributed by atoms with van der Waals surface area (Å²) in [4.78, 5) is 0. The predicted molar refractivity (Wildman–Crippen MR) is 77.1 cm³/mol. The van der Waals surface area contributed by atoms with Gasteiger partial charge in [-0.05, 0) is 62.1 Å². The largest absolute Gasteiger partial charge is 0.265 e. The van der Waals surface area contributed by atoms with Gasteiger partial charge in [0.1, 0.15) is 0 Å². The van der Waals surface area contributed by atoms with Crippen LogP contribution in [0.3, 0.4) is 0 Å². The van der Waals surface area contributed by atoms with Crippen molar-refractivity contribution in [3.63, 3.8) is 0 Å². The number of hydrogen-bond acceptors (Lipinski definition) is 2. The van der Waals surface area contributed by atoms with Gasteiger partial charge in [0.25, 0.3) is 0 Å². The maximum absolute atomic E-state index is 2.65. The first kappa shape index (κ1) is 16.4. The second-order valence-corrected chi connectivity index (χ2v) is 7.53. The molecule has 0 aromatic rings. The van der Waals surface area contributed by atoms with E-state index in [0.29, 0.717) is 24.2 Å². The Labute approximate surface area is 104 Å². The van der Waals surface area contributed by atoms with Crippen molar-refractivity contribution in [2.24, 2.45) is 0 Å². The van der Waals surface area contributed by atoms with E-state index in [1.807, 2.05) is 0 Å². The summed E-state index contributed by atoms with van der Waals surface area (Å²) in [5.41, 5.74) is 0. The van der Waals surface area contributed by atoms with Crippen LogP contribution in [-0.4, -0.2) is 40.2 Å². The topological polar surface area (TPSA) is 6.48 Å². The maximum atomic E-state index is 2.65. The fraction of sp³-hybridized carbons (Fsp3) is 1.00. The minimum absolute atomic E-state index is 0.199. The van der Waals surface area contributed by atoms with Gasteiger partial charge in [0.2, 0.25) is 0 Å². The Morgan fingerprint density at radius 1 is 0.562 bits per heavy atom. The number of hydrogen-bond donors (Lipinski definition) is 0. The Morgan fingerprint density at radius 3 is 0.875 bits per heavy atom. The van der Waals surface area contributed by atoms with E-state index in [2.05, 4.69) is 71.4 Å². The van der Waals surface area contributed by atoms with Crippen molar-refractivity contribution in [1.82, 2.24) is 9.34 Å². The molecule has 0 atom stereocenters. The molecule has 0 aromatic carbocycles. The molecule has 0 fully saturated rings. The van der Waals surface area contributed by atoms with Gasteiger partial charge in [-0.15, -0.1) is 0 Å². The van der Waals surface area contributed by atoms with E-state index in [1.54, 1.807) is 0 Å². The van der Waals surface area contributed by atoms with Crippen LogP contribution in [0.2, 0.25) is 0 Å². The van der Waals surface area contributed by atoms with Gasteiger partial charge in [-0.3, -0.25) is 9.34 Å². The minimum Gasteiger partial charge on any atom is -0.265 e. The summed E-state index contributed by atoms with van der Waals surface area (Å²) in [6, 6.07) is 2.49. The van der Waals surface area contributed by atoms with E-state index in [1.165, 1.54) is 0 Å². The van der Waals surface area contributed by atoms with Gasteiger partial charge in [0.05, 0.1) is 0 Å². The second kappa shape index (κ2) is 6.93. The summed E-state index contributed by atoms with van der Waals surface area (Å²) >= 11 is 0. The number of rotatable bonds is 6. The molecule has 0 bridgehead atoms. The molecular weight excluding hydrogens is 215 g/mol. The van der Waals surface area contributed by atoms with E-state index in [9.17, 15) is 0 Å². The summed E-state index contributed by atoms with van der Waals surface area (Å²) in [6.07, 6.45) is 0. The molecule has 0 aliphatic heterocycles. The van der Waals surface area contributed by atoms with E-state index in [4.69, 9.17) is 0 Å². The van der Waals surface area contributed by atoms with Crippen LogP contribution < -0.4 is 0 Å². The molecule has 0 amide bonds. The highest BCUT2D eigenvalue weighted by atomic mass is 31.1. The molecule has 0 aliphatic carbocycles. The van der Waals surface area contributed by atoms with Crippen LogP contribution in [0.15, 0.2) is 0 Å². The van der Waals surface area contributed by atoms with Gasteiger partial charge in [0.15, 0.2) is 0 Å². The zero-order valence-electron chi connectivity index (χ0n) is 12.7. The fourth-order valence-electron chi connectivity index (χ4n) is 2.65. The van der Waals surface area contributed by atoms with E-state index in [0.717, 1.165) is 0 Å². The van der Waals surface area contributed by atoms with Crippen LogP contribution in [0.1, 0.15) is 55.4 Å². The van der Waals surface area contributed by atoms with Gasteiger partial charge in [0, 0.05) is 32.4 Å². The third-order valence-electron chi connectivity index (χ3n) is 2.78. The first-order chi connectivity index (χ1) is 7.20. The van der Waals surface area contributed by atoms with Crippen LogP contribution in [0, 0.1) is 0 Å². The van der Waals surface area contributed by atoms with Gasteiger partial charge >= 0.3 is 0 Å². The highest BCUT2D eigenvalue weighted by molar-refractivity contribution is 7.51. The van der Waals surface area contributed by atoms with Gasteiger partial charge in [-0.1, -0.05) is 0 Å². The Bertz CT molecular complexity index is 154. The first-order valence-corrected chi connectivity index (χ1v) is 8.19. The van der Waals surface area contributed by atoms with Crippen molar-refractivity contribution in [3.05, 3.63) is 0 Å². The molecule has 0 saturated carbocycles. The van der Waals surface area contributed by atoms with Crippen molar-refractivity contribution in [1.29, 1.82) is 0 Å². The van der Waals surface area contributed by atoms with Crippen LogP contribution in [0.4, 0.5) is 0 Å². The van der Waals surface area contributed by atoms with E-state index in [-0.39, 0.29) is 8.22 Å². The van der Waals surface area contributed by atoms with Crippen LogP contribution in [-0.2, 0) is 0 Å². The Morgan fingerprint density at radius 2 is 0.750 bits per heavy atom. The highest BCUT2D eigenvalue weighted by Gasteiger charge is 2.28. The number of nitrogens with zero attached hydrogens (tertiary/aromatic N) is 2. The maximum Gasteiger partial charge on any atom is 0.0371 e. The molecule has 0 heterocycles. The molecule has 2 nitrogen and oxygen atoms in total. The summed E-state index contributed by atoms with van der Waals surface area (Å²) in [6.45, 7) is 20.8.